The van der Waals surface area contributed by atoms with Gasteiger partial charge in [0.1, 0.15) is 0 Å². The summed E-state index contributed by atoms with van der Waals surface area (Å²) in [5, 5.41) is 8.34. The minimum Gasteiger partial charge on any atom is -0.450 e. The predicted molar refractivity (Wildman–Crippen MR) is 62.9 cm³/mol. The third-order valence-electron chi connectivity index (χ3n) is 2.86. The quantitative estimate of drug-likeness (QED) is 0.770. The second-order valence-corrected chi connectivity index (χ2v) is 4.27. The minimum absolute atomic E-state index is 0.287. The molecule has 0 aromatic carbocycles. The Balaban J connectivity index is 2.23. The maximum atomic E-state index is 11.6. The van der Waals surface area contributed by atoms with Gasteiger partial charge in [0.25, 0.3) is 0 Å². The van der Waals surface area contributed by atoms with Crippen LogP contribution in [0.1, 0.15) is 23.7 Å². The van der Waals surface area contributed by atoms with Gasteiger partial charge in [-0.1, -0.05) is 11.6 Å². The summed E-state index contributed by atoms with van der Waals surface area (Å²) in [6.07, 6.45) is 0.407. The average molecular weight is 256 g/mol. The summed E-state index contributed by atoms with van der Waals surface area (Å²) in [4.78, 5) is 13.3. The first-order chi connectivity index (χ1) is 8.13. The Bertz CT molecular complexity index is 451. The molecule has 2 heterocycles. The molecular weight excluding hydrogens is 242 g/mol. The number of rotatable bonds is 1. The summed E-state index contributed by atoms with van der Waals surface area (Å²) in [5.41, 5.74) is 2.81. The van der Waals surface area contributed by atoms with Gasteiger partial charge < -0.3 is 9.64 Å². The van der Waals surface area contributed by atoms with Crippen molar-refractivity contribution in [2.45, 2.75) is 26.8 Å². The molecule has 0 spiro atoms. The fourth-order valence-electron chi connectivity index (χ4n) is 1.87. The van der Waals surface area contributed by atoms with Crippen LogP contribution in [0.2, 0.25) is 5.15 Å². The van der Waals surface area contributed by atoms with E-state index in [9.17, 15) is 4.79 Å². The number of nitrogens with zero attached hydrogens (tertiary/aromatic N) is 3. The third-order valence-corrected chi connectivity index (χ3v) is 3.22. The molecule has 0 saturated heterocycles. The van der Waals surface area contributed by atoms with Crippen LogP contribution in [-0.2, 0) is 17.7 Å². The number of aromatic nitrogens is 2. The molecular formula is C11H14ClN3O2. The van der Waals surface area contributed by atoms with Crippen LogP contribution < -0.4 is 0 Å². The van der Waals surface area contributed by atoms with Crippen LogP contribution in [0, 0.1) is 6.92 Å². The van der Waals surface area contributed by atoms with E-state index in [-0.39, 0.29) is 6.09 Å². The topological polar surface area (TPSA) is 55.3 Å². The normalized spacial score (nSPS) is 14.4. The molecule has 0 unspecified atom stereocenters. The van der Waals surface area contributed by atoms with Gasteiger partial charge in [-0.05, 0) is 19.4 Å². The van der Waals surface area contributed by atoms with Gasteiger partial charge in [-0.25, -0.2) is 4.79 Å². The Morgan fingerprint density at radius 3 is 3.00 bits per heavy atom. The van der Waals surface area contributed by atoms with E-state index in [0.29, 0.717) is 31.3 Å². The van der Waals surface area contributed by atoms with Crippen LogP contribution in [-0.4, -0.2) is 34.3 Å². The van der Waals surface area contributed by atoms with Gasteiger partial charge in [0.15, 0.2) is 5.15 Å². The Hall–Kier alpha value is -1.36. The van der Waals surface area contributed by atoms with Gasteiger partial charge in [-0.3, -0.25) is 0 Å². The largest absolute Gasteiger partial charge is 0.450 e. The summed E-state index contributed by atoms with van der Waals surface area (Å²) >= 11 is 5.93. The SMILES string of the molecule is CCOC(=O)N1CCc2nnc(Cl)c(C)c2C1. The molecule has 0 fully saturated rings. The van der Waals surface area contributed by atoms with Gasteiger partial charge in [-0.15, -0.1) is 5.10 Å². The van der Waals surface area contributed by atoms with E-state index in [1.165, 1.54) is 0 Å². The highest BCUT2D eigenvalue weighted by atomic mass is 35.5. The molecule has 2 rings (SSSR count). The molecule has 92 valence electrons. The zero-order valence-electron chi connectivity index (χ0n) is 9.86. The molecule has 0 aliphatic carbocycles. The van der Waals surface area contributed by atoms with E-state index < -0.39 is 0 Å². The Labute approximate surface area is 105 Å². The molecule has 0 bridgehead atoms. The second-order valence-electron chi connectivity index (χ2n) is 3.91. The number of halogens is 1. The third kappa shape index (κ3) is 2.34. The summed E-state index contributed by atoms with van der Waals surface area (Å²) in [6, 6.07) is 0. The van der Waals surface area contributed by atoms with Gasteiger partial charge in [0.05, 0.1) is 18.8 Å². The monoisotopic (exact) mass is 255 g/mol. The van der Waals surface area contributed by atoms with Gasteiger partial charge in [0.2, 0.25) is 0 Å². The van der Waals surface area contributed by atoms with Crippen molar-refractivity contribution >= 4 is 17.7 Å². The molecule has 1 aliphatic rings. The van der Waals surface area contributed by atoms with Gasteiger partial charge in [0, 0.05) is 18.5 Å². The lowest BCUT2D eigenvalue weighted by molar-refractivity contribution is 0.102. The van der Waals surface area contributed by atoms with Crippen molar-refractivity contribution in [3.8, 4) is 0 Å². The number of carbonyl (C=O) groups excluding carboxylic acids is 1. The fourth-order valence-corrected chi connectivity index (χ4v) is 2.02. The Morgan fingerprint density at radius 1 is 1.53 bits per heavy atom. The predicted octanol–water partition coefficient (Wildman–Crippen LogP) is 1.95. The molecule has 17 heavy (non-hydrogen) atoms. The number of hydrogen-bond donors (Lipinski definition) is 0. The highest BCUT2D eigenvalue weighted by molar-refractivity contribution is 6.30. The van der Waals surface area contributed by atoms with E-state index in [0.717, 1.165) is 16.8 Å². The summed E-state index contributed by atoms with van der Waals surface area (Å²) in [5.74, 6) is 0. The van der Waals surface area contributed by atoms with Crippen LogP contribution in [0.5, 0.6) is 0 Å². The van der Waals surface area contributed by atoms with Crippen molar-refractivity contribution in [3.63, 3.8) is 0 Å². The van der Waals surface area contributed by atoms with E-state index in [1.54, 1.807) is 11.8 Å². The highest BCUT2D eigenvalue weighted by Gasteiger charge is 2.24. The van der Waals surface area contributed by atoms with E-state index in [4.69, 9.17) is 16.3 Å². The van der Waals surface area contributed by atoms with E-state index >= 15 is 0 Å². The maximum Gasteiger partial charge on any atom is 0.410 e. The van der Waals surface area contributed by atoms with Crippen molar-refractivity contribution in [1.29, 1.82) is 0 Å². The first-order valence-electron chi connectivity index (χ1n) is 5.55. The first-order valence-corrected chi connectivity index (χ1v) is 5.93. The number of carbonyl (C=O) groups is 1. The second kappa shape index (κ2) is 4.87. The van der Waals surface area contributed by atoms with Crippen molar-refractivity contribution in [3.05, 3.63) is 22.0 Å². The lowest BCUT2D eigenvalue weighted by Crippen LogP contribution is -2.37. The maximum absolute atomic E-state index is 11.6. The van der Waals surface area contributed by atoms with Crippen LogP contribution in [0.25, 0.3) is 0 Å². The molecule has 0 atom stereocenters. The highest BCUT2D eigenvalue weighted by Crippen LogP contribution is 2.24. The first kappa shape index (κ1) is 12.1. The van der Waals surface area contributed by atoms with E-state index in [1.807, 2.05) is 6.92 Å². The zero-order chi connectivity index (χ0) is 12.4. The van der Waals surface area contributed by atoms with Crippen molar-refractivity contribution in [2.24, 2.45) is 0 Å². The molecule has 5 nitrogen and oxygen atoms in total. The number of ether oxygens (including phenoxy) is 1. The van der Waals surface area contributed by atoms with Crippen LogP contribution in [0.3, 0.4) is 0 Å². The molecule has 0 saturated carbocycles. The number of hydrogen-bond acceptors (Lipinski definition) is 4. The van der Waals surface area contributed by atoms with Crippen LogP contribution in [0.15, 0.2) is 0 Å². The molecule has 1 aromatic heterocycles. The summed E-state index contributed by atoms with van der Waals surface area (Å²) in [6.45, 7) is 5.18. The number of amides is 1. The molecule has 0 radical (unpaired) electrons. The summed E-state index contributed by atoms with van der Waals surface area (Å²) < 4.78 is 4.98. The van der Waals surface area contributed by atoms with Gasteiger partial charge >= 0.3 is 6.09 Å². The van der Waals surface area contributed by atoms with Crippen LogP contribution >= 0.6 is 11.6 Å². The lowest BCUT2D eigenvalue weighted by Gasteiger charge is -2.28. The smallest absolute Gasteiger partial charge is 0.410 e. The molecule has 0 N–H and O–H groups in total. The molecule has 1 amide bonds. The van der Waals surface area contributed by atoms with Crippen molar-refractivity contribution in [2.75, 3.05) is 13.2 Å². The van der Waals surface area contributed by atoms with E-state index in [2.05, 4.69) is 10.2 Å². The standard InChI is InChI=1S/C11H14ClN3O2/c1-3-17-11(16)15-5-4-9-8(6-15)7(2)10(12)14-13-9/h3-6H2,1-2H3. The Morgan fingerprint density at radius 2 is 2.29 bits per heavy atom. The van der Waals surface area contributed by atoms with Crippen molar-refractivity contribution < 1.29 is 9.53 Å². The van der Waals surface area contributed by atoms with Crippen molar-refractivity contribution in [1.82, 2.24) is 15.1 Å². The summed E-state index contributed by atoms with van der Waals surface area (Å²) in [7, 11) is 0. The molecule has 1 aromatic rings. The zero-order valence-corrected chi connectivity index (χ0v) is 10.6. The fraction of sp³-hybridized carbons (Fsp3) is 0.545. The lowest BCUT2D eigenvalue weighted by atomic mass is 10.0. The Kier molecular flexibility index (Phi) is 3.47. The molecule has 6 heteroatoms. The molecule has 1 aliphatic heterocycles. The minimum atomic E-state index is -0.287. The van der Waals surface area contributed by atoms with Crippen LogP contribution in [0.4, 0.5) is 4.79 Å². The number of fused-ring (bicyclic) bond motifs is 1. The average Bonchev–Trinajstić information content (AvgIpc) is 2.34. The van der Waals surface area contributed by atoms with Gasteiger partial charge in [-0.2, -0.15) is 5.10 Å².